The SMILES string of the molecule is CCC(C)(C)Cn1nnnc1-c1ccc(Cl)cc1N. The number of benzene rings is 1. The first kappa shape index (κ1) is 13.8. The minimum atomic E-state index is 0.130. The maximum atomic E-state index is 5.98. The Morgan fingerprint density at radius 3 is 2.74 bits per heavy atom. The van der Waals surface area contributed by atoms with Crippen molar-refractivity contribution in [2.45, 2.75) is 33.7 Å². The molecule has 0 radical (unpaired) electrons. The first-order valence-corrected chi connectivity index (χ1v) is 6.62. The van der Waals surface area contributed by atoms with Crippen LogP contribution in [0.5, 0.6) is 0 Å². The molecule has 0 unspecified atom stereocenters. The van der Waals surface area contributed by atoms with E-state index in [9.17, 15) is 0 Å². The smallest absolute Gasteiger partial charge is 0.184 e. The highest BCUT2D eigenvalue weighted by Gasteiger charge is 2.20. The van der Waals surface area contributed by atoms with Crippen LogP contribution in [0, 0.1) is 5.41 Å². The first-order chi connectivity index (χ1) is 8.93. The first-order valence-electron chi connectivity index (χ1n) is 6.24. The van der Waals surface area contributed by atoms with Gasteiger partial charge in [0.25, 0.3) is 0 Å². The van der Waals surface area contributed by atoms with Crippen molar-refractivity contribution in [1.82, 2.24) is 20.2 Å². The molecule has 5 nitrogen and oxygen atoms in total. The van der Waals surface area contributed by atoms with Crippen LogP contribution >= 0.6 is 11.6 Å². The zero-order valence-electron chi connectivity index (χ0n) is 11.4. The number of hydrogen-bond acceptors (Lipinski definition) is 4. The Bertz CT molecular complexity index is 576. The largest absolute Gasteiger partial charge is 0.398 e. The lowest BCUT2D eigenvalue weighted by atomic mass is 9.90. The predicted octanol–water partition coefficient (Wildman–Crippen LogP) is 3.01. The Morgan fingerprint density at radius 2 is 2.11 bits per heavy atom. The van der Waals surface area contributed by atoms with Crippen LogP contribution in [0.25, 0.3) is 11.4 Å². The van der Waals surface area contributed by atoms with Gasteiger partial charge in [0, 0.05) is 16.3 Å². The second-order valence-electron chi connectivity index (χ2n) is 5.41. The third-order valence-electron chi connectivity index (χ3n) is 3.32. The molecule has 2 aromatic rings. The summed E-state index contributed by atoms with van der Waals surface area (Å²) >= 11 is 5.91. The molecule has 0 aliphatic carbocycles. The van der Waals surface area contributed by atoms with Crippen LogP contribution in [0.4, 0.5) is 5.69 Å². The number of rotatable bonds is 4. The zero-order chi connectivity index (χ0) is 14.0. The van der Waals surface area contributed by atoms with Crippen molar-refractivity contribution >= 4 is 17.3 Å². The van der Waals surface area contributed by atoms with Crippen LogP contribution in [0.15, 0.2) is 18.2 Å². The number of halogens is 1. The summed E-state index contributed by atoms with van der Waals surface area (Å²) in [6, 6.07) is 5.34. The highest BCUT2D eigenvalue weighted by atomic mass is 35.5. The third kappa shape index (κ3) is 3.04. The summed E-state index contributed by atoms with van der Waals surface area (Å²) in [5, 5.41) is 12.5. The minimum absolute atomic E-state index is 0.130. The van der Waals surface area contributed by atoms with E-state index in [4.69, 9.17) is 17.3 Å². The van der Waals surface area contributed by atoms with Crippen molar-refractivity contribution in [3.8, 4) is 11.4 Å². The number of nitrogens with zero attached hydrogens (tertiary/aromatic N) is 4. The van der Waals surface area contributed by atoms with Gasteiger partial charge in [-0.1, -0.05) is 32.4 Å². The average Bonchev–Trinajstić information content (AvgIpc) is 2.76. The Kier molecular flexibility index (Phi) is 3.75. The number of nitrogens with two attached hydrogens (primary N) is 1. The number of nitrogen functional groups attached to an aromatic ring is 1. The molecule has 1 aromatic carbocycles. The molecule has 0 spiro atoms. The Labute approximate surface area is 117 Å². The van der Waals surface area contributed by atoms with Crippen LogP contribution in [0.3, 0.4) is 0 Å². The number of aromatic nitrogens is 4. The van der Waals surface area contributed by atoms with E-state index >= 15 is 0 Å². The fourth-order valence-electron chi connectivity index (χ4n) is 1.76. The molecule has 1 heterocycles. The molecule has 0 aliphatic rings. The molecule has 6 heteroatoms. The van der Waals surface area contributed by atoms with Gasteiger partial charge in [0.05, 0.1) is 6.54 Å². The van der Waals surface area contributed by atoms with E-state index in [2.05, 4.69) is 36.3 Å². The van der Waals surface area contributed by atoms with Gasteiger partial charge in [0.2, 0.25) is 0 Å². The molecule has 1 aromatic heterocycles. The molecule has 0 saturated carbocycles. The van der Waals surface area contributed by atoms with Crippen LogP contribution in [0.1, 0.15) is 27.2 Å². The van der Waals surface area contributed by atoms with E-state index in [-0.39, 0.29) is 5.41 Å². The number of tetrazole rings is 1. The molecule has 2 N–H and O–H groups in total. The van der Waals surface area contributed by atoms with Gasteiger partial charge in [-0.2, -0.15) is 0 Å². The monoisotopic (exact) mass is 279 g/mol. The maximum Gasteiger partial charge on any atom is 0.184 e. The van der Waals surface area contributed by atoms with Gasteiger partial charge in [-0.15, -0.1) is 5.10 Å². The summed E-state index contributed by atoms with van der Waals surface area (Å²) in [5.41, 5.74) is 7.50. The van der Waals surface area contributed by atoms with Gasteiger partial charge in [-0.25, -0.2) is 4.68 Å². The van der Waals surface area contributed by atoms with Crippen molar-refractivity contribution < 1.29 is 0 Å². The Morgan fingerprint density at radius 1 is 1.37 bits per heavy atom. The fraction of sp³-hybridized carbons (Fsp3) is 0.462. The normalized spacial score (nSPS) is 11.8. The van der Waals surface area contributed by atoms with Crippen LogP contribution in [-0.4, -0.2) is 20.2 Å². The molecule has 2 rings (SSSR count). The zero-order valence-corrected chi connectivity index (χ0v) is 12.1. The highest BCUT2D eigenvalue weighted by molar-refractivity contribution is 6.31. The fourth-order valence-corrected chi connectivity index (χ4v) is 1.94. The summed E-state index contributed by atoms with van der Waals surface area (Å²) in [4.78, 5) is 0. The summed E-state index contributed by atoms with van der Waals surface area (Å²) in [5.74, 6) is 0.677. The molecule has 0 fully saturated rings. The van der Waals surface area contributed by atoms with E-state index in [0.29, 0.717) is 16.5 Å². The maximum absolute atomic E-state index is 5.98. The lowest BCUT2D eigenvalue weighted by molar-refractivity contribution is 0.279. The molecule has 0 saturated heterocycles. The van der Waals surface area contributed by atoms with Crippen molar-refractivity contribution in [1.29, 1.82) is 0 Å². The summed E-state index contributed by atoms with van der Waals surface area (Å²) in [6.45, 7) is 7.27. The van der Waals surface area contributed by atoms with Crippen molar-refractivity contribution in [2.24, 2.45) is 5.41 Å². The lowest BCUT2D eigenvalue weighted by Crippen LogP contribution is -2.20. The van der Waals surface area contributed by atoms with Gasteiger partial charge in [0.15, 0.2) is 5.82 Å². The average molecular weight is 280 g/mol. The molecule has 0 aliphatic heterocycles. The highest BCUT2D eigenvalue weighted by Crippen LogP contribution is 2.29. The van der Waals surface area contributed by atoms with Crippen molar-refractivity contribution in [3.63, 3.8) is 0 Å². The minimum Gasteiger partial charge on any atom is -0.398 e. The van der Waals surface area contributed by atoms with Gasteiger partial charge in [-0.3, -0.25) is 0 Å². The van der Waals surface area contributed by atoms with E-state index in [0.717, 1.165) is 18.5 Å². The molecule has 0 amide bonds. The molecular weight excluding hydrogens is 262 g/mol. The number of hydrogen-bond donors (Lipinski definition) is 1. The summed E-state index contributed by atoms with van der Waals surface area (Å²) in [7, 11) is 0. The Balaban J connectivity index is 2.39. The second-order valence-corrected chi connectivity index (χ2v) is 5.85. The third-order valence-corrected chi connectivity index (χ3v) is 3.56. The molecule has 19 heavy (non-hydrogen) atoms. The lowest BCUT2D eigenvalue weighted by Gasteiger charge is -2.22. The summed E-state index contributed by atoms with van der Waals surface area (Å²) < 4.78 is 1.79. The molecular formula is C13H18ClN5. The van der Waals surface area contributed by atoms with Gasteiger partial charge in [0.1, 0.15) is 0 Å². The van der Waals surface area contributed by atoms with Gasteiger partial charge < -0.3 is 5.73 Å². The predicted molar refractivity (Wildman–Crippen MR) is 76.7 cm³/mol. The quantitative estimate of drug-likeness (QED) is 0.874. The number of anilines is 1. The van der Waals surface area contributed by atoms with Crippen molar-refractivity contribution in [3.05, 3.63) is 23.2 Å². The second kappa shape index (κ2) is 5.17. The van der Waals surface area contributed by atoms with Crippen LogP contribution < -0.4 is 5.73 Å². The summed E-state index contributed by atoms with van der Waals surface area (Å²) in [6.07, 6.45) is 1.04. The van der Waals surface area contributed by atoms with Crippen LogP contribution in [0.2, 0.25) is 5.02 Å². The van der Waals surface area contributed by atoms with Crippen molar-refractivity contribution in [2.75, 3.05) is 5.73 Å². The Hall–Kier alpha value is -1.62. The topological polar surface area (TPSA) is 69.6 Å². The molecule has 102 valence electrons. The van der Waals surface area contributed by atoms with E-state index in [1.54, 1.807) is 16.8 Å². The van der Waals surface area contributed by atoms with Crippen LogP contribution in [-0.2, 0) is 6.54 Å². The van der Waals surface area contributed by atoms with E-state index < -0.39 is 0 Å². The molecule has 0 bridgehead atoms. The van der Waals surface area contributed by atoms with E-state index in [1.807, 2.05) is 6.07 Å². The molecule has 0 atom stereocenters. The van der Waals surface area contributed by atoms with Gasteiger partial charge in [-0.05, 0) is 40.5 Å². The standard InChI is InChI=1S/C13H18ClN5/c1-4-13(2,3)8-19-12(16-17-18-19)10-6-5-9(14)7-11(10)15/h5-7H,4,8,15H2,1-3H3. The van der Waals surface area contributed by atoms with E-state index in [1.165, 1.54) is 0 Å². The van der Waals surface area contributed by atoms with Gasteiger partial charge >= 0.3 is 0 Å².